The van der Waals surface area contributed by atoms with Crippen LogP contribution in [0.15, 0.2) is 174 Å². The maximum Gasteiger partial charge on any atom is 0.196 e. The van der Waals surface area contributed by atoms with Crippen molar-refractivity contribution in [3.63, 3.8) is 0 Å². The number of hydrogen-bond acceptors (Lipinski definition) is 3. The fourth-order valence-corrected chi connectivity index (χ4v) is 7.99. The van der Waals surface area contributed by atoms with Crippen LogP contribution in [0.25, 0.3) is 82.5 Å². The van der Waals surface area contributed by atoms with Gasteiger partial charge in [0.1, 0.15) is 11.2 Å². The molecule has 3 heterocycles. The summed E-state index contributed by atoms with van der Waals surface area (Å²) in [6.45, 7) is 0. The standard InChI is InChI=1S/C47H30N2O2/c1-2-12-35(13-3-1)49-40-16-8-6-14-36(40)37-25-24-33(27-41(37)49)30-18-21-31(22-19-30)47-48-45-44-38-15-7-9-17-42(38)50-43(44)28-39(46(45)51-47)34-23-20-29-10-4-5-11-32(29)26-34/h1-28,47-48H. The molecule has 0 saturated heterocycles. The number of nitrogens with zero attached hydrogens (tertiary/aromatic N) is 1. The summed E-state index contributed by atoms with van der Waals surface area (Å²) in [4.78, 5) is 0. The first-order chi connectivity index (χ1) is 25.3. The maximum atomic E-state index is 6.86. The fourth-order valence-electron chi connectivity index (χ4n) is 7.99. The van der Waals surface area contributed by atoms with Gasteiger partial charge in [-0.3, -0.25) is 0 Å². The van der Waals surface area contributed by atoms with Crippen molar-refractivity contribution in [3.05, 3.63) is 175 Å². The highest BCUT2D eigenvalue weighted by atomic mass is 16.5. The van der Waals surface area contributed by atoms with Crippen LogP contribution in [-0.2, 0) is 0 Å². The lowest BCUT2D eigenvalue weighted by Crippen LogP contribution is -2.10. The first-order valence-corrected chi connectivity index (χ1v) is 17.4. The van der Waals surface area contributed by atoms with Gasteiger partial charge in [0.25, 0.3) is 0 Å². The van der Waals surface area contributed by atoms with Crippen LogP contribution in [0.5, 0.6) is 5.75 Å². The molecule has 1 aliphatic heterocycles. The zero-order chi connectivity index (χ0) is 33.5. The quantitative estimate of drug-likeness (QED) is 0.205. The Morgan fingerprint density at radius 2 is 1.20 bits per heavy atom. The van der Waals surface area contributed by atoms with Gasteiger partial charge < -0.3 is 19.0 Å². The second-order valence-electron chi connectivity index (χ2n) is 13.3. The maximum absolute atomic E-state index is 6.86. The highest BCUT2D eigenvalue weighted by Gasteiger charge is 2.31. The van der Waals surface area contributed by atoms with Crippen LogP contribution in [0.2, 0.25) is 0 Å². The minimum absolute atomic E-state index is 0.351. The van der Waals surface area contributed by atoms with Gasteiger partial charge in [-0.15, -0.1) is 0 Å². The Morgan fingerprint density at radius 3 is 2.08 bits per heavy atom. The Morgan fingerprint density at radius 1 is 0.490 bits per heavy atom. The summed E-state index contributed by atoms with van der Waals surface area (Å²) in [6.07, 6.45) is -0.351. The minimum Gasteiger partial charge on any atom is -0.464 e. The van der Waals surface area contributed by atoms with Crippen molar-refractivity contribution < 1.29 is 9.15 Å². The second-order valence-corrected chi connectivity index (χ2v) is 13.3. The average Bonchev–Trinajstić information content (AvgIpc) is 3.89. The molecule has 1 aliphatic rings. The van der Waals surface area contributed by atoms with Gasteiger partial charge in [0, 0.05) is 33.0 Å². The van der Waals surface area contributed by atoms with E-state index >= 15 is 0 Å². The van der Waals surface area contributed by atoms with Crippen LogP contribution in [0.3, 0.4) is 0 Å². The Balaban J connectivity index is 0.996. The van der Waals surface area contributed by atoms with Gasteiger partial charge in [-0.1, -0.05) is 127 Å². The number of aromatic nitrogens is 1. The molecular weight excluding hydrogens is 625 g/mol. The molecule has 11 rings (SSSR count). The third-order valence-electron chi connectivity index (χ3n) is 10.4. The lowest BCUT2D eigenvalue weighted by molar-refractivity contribution is 0.261. The first kappa shape index (κ1) is 28.1. The van der Waals surface area contributed by atoms with E-state index in [0.29, 0.717) is 0 Å². The number of benzene rings is 8. The van der Waals surface area contributed by atoms with Crippen LogP contribution < -0.4 is 10.1 Å². The Bertz CT molecular complexity index is 2970. The van der Waals surface area contributed by atoms with E-state index < -0.39 is 0 Å². The van der Waals surface area contributed by atoms with Crippen LogP contribution in [0.1, 0.15) is 11.8 Å². The highest BCUT2D eigenvalue weighted by molar-refractivity contribution is 6.15. The predicted octanol–water partition coefficient (Wildman–Crippen LogP) is 12.7. The van der Waals surface area contributed by atoms with Gasteiger partial charge >= 0.3 is 0 Å². The molecule has 0 radical (unpaired) electrons. The normalized spacial score (nSPS) is 14.0. The molecule has 240 valence electrons. The average molecular weight is 655 g/mol. The summed E-state index contributed by atoms with van der Waals surface area (Å²) >= 11 is 0. The summed E-state index contributed by atoms with van der Waals surface area (Å²) in [6, 6.07) is 60.2. The van der Waals surface area contributed by atoms with Crippen molar-refractivity contribution in [2.45, 2.75) is 6.23 Å². The van der Waals surface area contributed by atoms with E-state index in [9.17, 15) is 0 Å². The molecule has 0 aliphatic carbocycles. The number of hydrogen-bond donors (Lipinski definition) is 1. The van der Waals surface area contributed by atoms with Crippen LogP contribution >= 0.6 is 0 Å². The van der Waals surface area contributed by atoms with Crippen molar-refractivity contribution in [2.24, 2.45) is 0 Å². The van der Waals surface area contributed by atoms with E-state index in [4.69, 9.17) is 9.15 Å². The summed E-state index contributed by atoms with van der Waals surface area (Å²) in [5.41, 5.74) is 11.7. The molecule has 0 amide bonds. The zero-order valence-corrected chi connectivity index (χ0v) is 27.5. The minimum atomic E-state index is -0.351. The van der Waals surface area contributed by atoms with Crippen LogP contribution in [0, 0.1) is 0 Å². The molecule has 0 spiro atoms. The lowest BCUT2D eigenvalue weighted by Gasteiger charge is -2.14. The molecular formula is C47H30N2O2. The summed E-state index contributed by atoms with van der Waals surface area (Å²) in [7, 11) is 0. The van der Waals surface area contributed by atoms with Crippen molar-refractivity contribution in [2.75, 3.05) is 5.32 Å². The van der Waals surface area contributed by atoms with Crippen LogP contribution in [0.4, 0.5) is 5.69 Å². The molecule has 51 heavy (non-hydrogen) atoms. The molecule has 2 aromatic heterocycles. The van der Waals surface area contributed by atoms with E-state index in [-0.39, 0.29) is 6.23 Å². The molecule has 1 unspecified atom stereocenters. The fraction of sp³-hybridized carbons (Fsp3) is 0.0213. The zero-order valence-electron chi connectivity index (χ0n) is 27.5. The van der Waals surface area contributed by atoms with Gasteiger partial charge in [0.15, 0.2) is 12.0 Å². The summed E-state index contributed by atoms with van der Waals surface area (Å²) < 4.78 is 15.6. The monoisotopic (exact) mass is 654 g/mol. The second kappa shape index (κ2) is 10.9. The molecule has 0 bridgehead atoms. The van der Waals surface area contributed by atoms with Gasteiger partial charge in [0.2, 0.25) is 0 Å². The van der Waals surface area contributed by atoms with E-state index in [0.717, 1.165) is 61.3 Å². The van der Waals surface area contributed by atoms with E-state index in [1.165, 1.54) is 38.1 Å². The number of nitrogens with one attached hydrogen (secondary N) is 1. The molecule has 1 N–H and O–H groups in total. The van der Waals surface area contributed by atoms with Crippen LogP contribution in [-0.4, -0.2) is 4.57 Å². The van der Waals surface area contributed by atoms with Crippen molar-refractivity contribution in [1.29, 1.82) is 0 Å². The third-order valence-corrected chi connectivity index (χ3v) is 10.4. The Labute approximate surface area is 293 Å². The van der Waals surface area contributed by atoms with E-state index in [2.05, 4.69) is 168 Å². The Kier molecular flexibility index (Phi) is 5.98. The number of ether oxygens (including phenoxy) is 1. The van der Waals surface area contributed by atoms with Crippen molar-refractivity contribution in [1.82, 2.24) is 4.57 Å². The number of anilines is 1. The molecule has 0 saturated carbocycles. The van der Waals surface area contributed by atoms with E-state index in [1.807, 2.05) is 12.1 Å². The summed E-state index contributed by atoms with van der Waals surface area (Å²) in [5, 5.41) is 10.8. The largest absolute Gasteiger partial charge is 0.464 e. The van der Waals surface area contributed by atoms with Crippen molar-refractivity contribution >= 4 is 60.2 Å². The van der Waals surface area contributed by atoms with Gasteiger partial charge in [-0.05, 0) is 69.9 Å². The molecule has 4 nitrogen and oxygen atoms in total. The number of furan rings is 1. The highest BCUT2D eigenvalue weighted by Crippen LogP contribution is 2.52. The topological polar surface area (TPSA) is 39.3 Å². The molecule has 4 heteroatoms. The molecule has 8 aromatic carbocycles. The molecule has 10 aromatic rings. The third kappa shape index (κ3) is 4.33. The first-order valence-electron chi connectivity index (χ1n) is 17.4. The Hall–Kier alpha value is -6.78. The van der Waals surface area contributed by atoms with E-state index in [1.54, 1.807) is 0 Å². The van der Waals surface area contributed by atoms with Gasteiger partial charge in [0.05, 0.1) is 22.1 Å². The van der Waals surface area contributed by atoms with Gasteiger partial charge in [-0.2, -0.15) is 0 Å². The number of para-hydroxylation sites is 3. The number of rotatable bonds is 4. The molecule has 1 atom stereocenters. The smallest absolute Gasteiger partial charge is 0.196 e. The molecule has 0 fully saturated rings. The van der Waals surface area contributed by atoms with Crippen molar-refractivity contribution in [3.8, 4) is 33.7 Å². The SMILES string of the molecule is c1ccc(-n2c3ccccc3c3ccc(-c4ccc(C5Nc6c(c(-c7ccc8ccccc8c7)cc7oc8ccccc8c67)O5)cc4)cc32)cc1. The van der Waals surface area contributed by atoms with Gasteiger partial charge in [-0.25, -0.2) is 0 Å². The predicted molar refractivity (Wildman–Crippen MR) is 210 cm³/mol. The lowest BCUT2D eigenvalue weighted by atomic mass is 9.98. The number of fused-ring (bicyclic) bond motifs is 9. The summed E-state index contributed by atoms with van der Waals surface area (Å²) in [5.74, 6) is 0.845.